The van der Waals surface area contributed by atoms with Crippen LogP contribution in [0.3, 0.4) is 0 Å². The van der Waals surface area contributed by atoms with Crippen LogP contribution in [0.15, 0.2) is 0 Å². The molecular formula is C12H20O4. The summed E-state index contributed by atoms with van der Waals surface area (Å²) in [5, 5.41) is 0. The third-order valence-electron chi connectivity index (χ3n) is 2.99. The van der Waals surface area contributed by atoms with Crippen molar-refractivity contribution >= 4 is 11.8 Å². The third-order valence-corrected chi connectivity index (χ3v) is 2.99. The van der Waals surface area contributed by atoms with Gasteiger partial charge in [0, 0.05) is 13.0 Å². The number of carbonyl (C=O) groups excluding carboxylic acids is 2. The van der Waals surface area contributed by atoms with E-state index >= 15 is 0 Å². The molecule has 4 heteroatoms. The Bertz CT molecular complexity index is 243. The minimum absolute atomic E-state index is 0.0000406. The van der Waals surface area contributed by atoms with E-state index in [9.17, 15) is 9.59 Å². The minimum Gasteiger partial charge on any atom is -0.468 e. The fourth-order valence-corrected chi connectivity index (χ4v) is 2.00. The number of methoxy groups -OCH3 is 1. The standard InChI is InChI=1S/C12H20O4/c1-3-10(12(14)15-2)11(13)8-9-6-4-5-7-16-9/h9-10H,3-8H2,1-2H3. The lowest BCUT2D eigenvalue weighted by Gasteiger charge is -2.23. The molecule has 0 bridgehead atoms. The lowest BCUT2D eigenvalue weighted by Crippen LogP contribution is -2.30. The highest BCUT2D eigenvalue weighted by Gasteiger charge is 2.28. The summed E-state index contributed by atoms with van der Waals surface area (Å²) in [6, 6.07) is 0. The van der Waals surface area contributed by atoms with Crippen molar-refractivity contribution in [3.63, 3.8) is 0 Å². The molecular weight excluding hydrogens is 208 g/mol. The number of hydrogen-bond donors (Lipinski definition) is 0. The van der Waals surface area contributed by atoms with Gasteiger partial charge in [0.2, 0.25) is 0 Å². The summed E-state index contributed by atoms with van der Waals surface area (Å²) in [5.41, 5.74) is 0. The Morgan fingerprint density at radius 1 is 1.44 bits per heavy atom. The van der Waals surface area contributed by atoms with Crippen LogP contribution in [0, 0.1) is 5.92 Å². The molecule has 0 amide bonds. The SMILES string of the molecule is CCC(C(=O)CC1CCCCO1)C(=O)OC. The molecule has 0 spiro atoms. The Morgan fingerprint density at radius 2 is 2.19 bits per heavy atom. The van der Waals surface area contributed by atoms with Crippen molar-refractivity contribution in [3.8, 4) is 0 Å². The van der Waals surface area contributed by atoms with Crippen LogP contribution in [0.25, 0.3) is 0 Å². The molecule has 16 heavy (non-hydrogen) atoms. The topological polar surface area (TPSA) is 52.6 Å². The van der Waals surface area contributed by atoms with Crippen LogP contribution in [0.2, 0.25) is 0 Å². The molecule has 1 heterocycles. The maximum Gasteiger partial charge on any atom is 0.316 e. The zero-order chi connectivity index (χ0) is 12.0. The summed E-state index contributed by atoms with van der Waals surface area (Å²) in [6.45, 7) is 2.55. The van der Waals surface area contributed by atoms with Gasteiger partial charge in [0.05, 0.1) is 13.2 Å². The number of Topliss-reactive ketones (excluding diaryl/α,β-unsaturated/α-hetero) is 1. The van der Waals surface area contributed by atoms with Crippen molar-refractivity contribution in [3.05, 3.63) is 0 Å². The summed E-state index contributed by atoms with van der Waals surface area (Å²) in [5.74, 6) is -1.10. The Balaban J connectivity index is 2.45. The number of rotatable bonds is 5. The average molecular weight is 228 g/mol. The molecule has 92 valence electrons. The second kappa shape index (κ2) is 6.63. The maximum absolute atomic E-state index is 11.9. The van der Waals surface area contributed by atoms with E-state index in [-0.39, 0.29) is 11.9 Å². The van der Waals surface area contributed by atoms with E-state index in [1.165, 1.54) is 7.11 Å². The second-order valence-electron chi connectivity index (χ2n) is 4.14. The van der Waals surface area contributed by atoms with Crippen molar-refractivity contribution in [2.75, 3.05) is 13.7 Å². The van der Waals surface area contributed by atoms with Crippen LogP contribution < -0.4 is 0 Å². The molecule has 1 rings (SSSR count). The lowest BCUT2D eigenvalue weighted by atomic mass is 9.94. The molecule has 1 aliphatic heterocycles. The minimum atomic E-state index is -0.615. The van der Waals surface area contributed by atoms with Gasteiger partial charge in [-0.1, -0.05) is 6.92 Å². The quantitative estimate of drug-likeness (QED) is 0.531. The molecule has 1 fully saturated rings. The van der Waals surface area contributed by atoms with E-state index < -0.39 is 11.9 Å². The summed E-state index contributed by atoms with van der Waals surface area (Å²) < 4.78 is 10.1. The Hall–Kier alpha value is -0.900. The van der Waals surface area contributed by atoms with Crippen LogP contribution in [0.1, 0.15) is 39.0 Å². The van der Waals surface area contributed by atoms with Crippen LogP contribution in [-0.4, -0.2) is 31.6 Å². The molecule has 0 aromatic rings. The first-order valence-electron chi connectivity index (χ1n) is 5.91. The van der Waals surface area contributed by atoms with E-state index in [0.29, 0.717) is 12.8 Å². The van der Waals surface area contributed by atoms with Gasteiger partial charge in [-0.3, -0.25) is 9.59 Å². The lowest BCUT2D eigenvalue weighted by molar-refractivity contribution is -0.150. The zero-order valence-corrected chi connectivity index (χ0v) is 10.0. The highest BCUT2D eigenvalue weighted by molar-refractivity contribution is 5.99. The smallest absolute Gasteiger partial charge is 0.316 e. The van der Waals surface area contributed by atoms with E-state index in [1.54, 1.807) is 0 Å². The Kier molecular flexibility index (Phi) is 5.46. The van der Waals surface area contributed by atoms with Crippen LogP contribution in [0.4, 0.5) is 0 Å². The van der Waals surface area contributed by atoms with E-state index in [1.807, 2.05) is 6.92 Å². The van der Waals surface area contributed by atoms with Gasteiger partial charge in [-0.15, -0.1) is 0 Å². The molecule has 0 aromatic carbocycles. The molecule has 0 saturated carbocycles. The Morgan fingerprint density at radius 3 is 2.69 bits per heavy atom. The van der Waals surface area contributed by atoms with Crippen molar-refractivity contribution in [2.45, 2.75) is 45.1 Å². The van der Waals surface area contributed by atoms with Gasteiger partial charge in [0.1, 0.15) is 11.7 Å². The summed E-state index contributed by atoms with van der Waals surface area (Å²) in [6.07, 6.45) is 3.93. The number of carbonyl (C=O) groups is 2. The molecule has 2 atom stereocenters. The summed E-state index contributed by atoms with van der Waals surface area (Å²) >= 11 is 0. The van der Waals surface area contributed by atoms with Gasteiger partial charge in [-0.25, -0.2) is 0 Å². The number of hydrogen-bond acceptors (Lipinski definition) is 4. The summed E-state index contributed by atoms with van der Waals surface area (Å²) in [4.78, 5) is 23.2. The highest BCUT2D eigenvalue weighted by Crippen LogP contribution is 2.19. The predicted octanol–water partition coefficient (Wildman–Crippen LogP) is 1.71. The van der Waals surface area contributed by atoms with Crippen molar-refractivity contribution in [1.29, 1.82) is 0 Å². The highest BCUT2D eigenvalue weighted by atomic mass is 16.5. The average Bonchev–Trinajstić information content (AvgIpc) is 2.31. The van der Waals surface area contributed by atoms with E-state index in [4.69, 9.17) is 4.74 Å². The molecule has 4 nitrogen and oxygen atoms in total. The first-order chi connectivity index (χ1) is 7.69. The van der Waals surface area contributed by atoms with Crippen LogP contribution in [-0.2, 0) is 19.1 Å². The molecule has 2 unspecified atom stereocenters. The van der Waals surface area contributed by atoms with E-state index in [0.717, 1.165) is 25.9 Å². The molecule has 0 radical (unpaired) electrons. The second-order valence-corrected chi connectivity index (χ2v) is 4.14. The monoisotopic (exact) mass is 228 g/mol. The van der Waals surface area contributed by atoms with Crippen LogP contribution in [0.5, 0.6) is 0 Å². The van der Waals surface area contributed by atoms with Gasteiger partial charge in [-0.2, -0.15) is 0 Å². The van der Waals surface area contributed by atoms with Gasteiger partial charge in [0.25, 0.3) is 0 Å². The van der Waals surface area contributed by atoms with Crippen molar-refractivity contribution < 1.29 is 19.1 Å². The molecule has 1 aliphatic rings. The predicted molar refractivity (Wildman–Crippen MR) is 59.0 cm³/mol. The van der Waals surface area contributed by atoms with Gasteiger partial charge < -0.3 is 9.47 Å². The number of ether oxygens (including phenoxy) is 2. The van der Waals surface area contributed by atoms with Gasteiger partial charge in [0.15, 0.2) is 0 Å². The molecule has 0 aliphatic carbocycles. The first-order valence-corrected chi connectivity index (χ1v) is 5.91. The van der Waals surface area contributed by atoms with Gasteiger partial charge >= 0.3 is 5.97 Å². The molecule has 0 aromatic heterocycles. The van der Waals surface area contributed by atoms with E-state index in [2.05, 4.69) is 4.74 Å². The van der Waals surface area contributed by atoms with Crippen LogP contribution >= 0.6 is 0 Å². The first kappa shape index (κ1) is 13.2. The normalized spacial score (nSPS) is 22.5. The third kappa shape index (κ3) is 3.59. The van der Waals surface area contributed by atoms with Crippen molar-refractivity contribution in [2.24, 2.45) is 5.92 Å². The fraction of sp³-hybridized carbons (Fsp3) is 0.833. The zero-order valence-electron chi connectivity index (χ0n) is 10.0. The largest absolute Gasteiger partial charge is 0.468 e. The molecule has 0 N–H and O–H groups in total. The van der Waals surface area contributed by atoms with Crippen molar-refractivity contribution in [1.82, 2.24) is 0 Å². The number of esters is 1. The number of ketones is 1. The fourth-order valence-electron chi connectivity index (χ4n) is 2.00. The van der Waals surface area contributed by atoms with Gasteiger partial charge in [-0.05, 0) is 25.7 Å². The Labute approximate surface area is 96.3 Å². The maximum atomic E-state index is 11.9. The molecule has 1 saturated heterocycles. The summed E-state index contributed by atoms with van der Waals surface area (Å²) in [7, 11) is 1.31.